The lowest BCUT2D eigenvalue weighted by molar-refractivity contribution is 0.134. The minimum absolute atomic E-state index is 0.0103. The molecular formula is C21H27N3O2. The molecule has 2 aromatic rings. The van der Waals surface area contributed by atoms with Crippen LogP contribution in [0.2, 0.25) is 0 Å². The van der Waals surface area contributed by atoms with Crippen molar-refractivity contribution in [3.05, 3.63) is 65.7 Å². The fraction of sp³-hybridized carbons (Fsp3) is 0.381. The Hall–Kier alpha value is -2.53. The predicted octanol–water partition coefficient (Wildman–Crippen LogP) is 3.25. The van der Waals surface area contributed by atoms with Crippen LogP contribution >= 0.6 is 0 Å². The molecular weight excluding hydrogens is 326 g/mol. The van der Waals surface area contributed by atoms with Crippen LogP contribution in [0.3, 0.4) is 0 Å². The molecule has 26 heavy (non-hydrogen) atoms. The van der Waals surface area contributed by atoms with E-state index in [0.717, 1.165) is 43.9 Å². The molecule has 1 fully saturated rings. The minimum Gasteiger partial charge on any atom is -0.377 e. The first-order chi connectivity index (χ1) is 12.8. The lowest BCUT2D eigenvalue weighted by atomic mass is 10.1. The molecule has 0 radical (unpaired) electrons. The summed E-state index contributed by atoms with van der Waals surface area (Å²) in [6.45, 7) is 7.11. The van der Waals surface area contributed by atoms with Crippen LogP contribution in [0.15, 0.2) is 54.6 Å². The van der Waals surface area contributed by atoms with Gasteiger partial charge in [-0.25, -0.2) is 4.79 Å². The van der Waals surface area contributed by atoms with Crippen molar-refractivity contribution in [1.29, 1.82) is 0 Å². The van der Waals surface area contributed by atoms with Gasteiger partial charge in [0, 0.05) is 45.0 Å². The number of rotatable bonds is 6. The zero-order valence-corrected chi connectivity index (χ0v) is 15.4. The lowest BCUT2D eigenvalue weighted by Gasteiger charge is -2.36. The second-order valence-electron chi connectivity index (χ2n) is 6.42. The first-order valence-electron chi connectivity index (χ1n) is 9.24. The summed E-state index contributed by atoms with van der Waals surface area (Å²) in [6, 6.07) is 18.6. The quantitative estimate of drug-likeness (QED) is 0.867. The maximum absolute atomic E-state index is 12.4. The Morgan fingerprint density at radius 1 is 0.962 bits per heavy atom. The summed E-state index contributed by atoms with van der Waals surface area (Å²) in [5, 5.41) is 3.02. The van der Waals surface area contributed by atoms with E-state index in [0.29, 0.717) is 13.2 Å². The van der Waals surface area contributed by atoms with E-state index in [-0.39, 0.29) is 6.03 Å². The second-order valence-corrected chi connectivity index (χ2v) is 6.42. The molecule has 0 bridgehead atoms. The molecule has 0 aromatic heterocycles. The number of nitrogens with zero attached hydrogens (tertiary/aromatic N) is 2. The molecule has 0 saturated carbocycles. The summed E-state index contributed by atoms with van der Waals surface area (Å²) in [5.41, 5.74) is 3.47. The van der Waals surface area contributed by atoms with E-state index in [1.807, 2.05) is 42.2 Å². The number of amides is 2. The number of hydrogen-bond donors (Lipinski definition) is 1. The molecule has 0 spiro atoms. The summed E-state index contributed by atoms with van der Waals surface area (Å²) in [4.78, 5) is 16.6. The molecule has 0 atom stereocenters. The summed E-state index contributed by atoms with van der Waals surface area (Å²) >= 11 is 0. The van der Waals surface area contributed by atoms with Crippen molar-refractivity contribution in [2.75, 3.05) is 37.7 Å². The molecule has 2 aromatic carbocycles. The largest absolute Gasteiger partial charge is 0.377 e. The SMILES string of the molecule is CCOCc1ccc(CNC(=O)N2CCN(c3ccccc3)CC2)cc1. The maximum Gasteiger partial charge on any atom is 0.317 e. The number of piperazine rings is 1. The van der Waals surface area contributed by atoms with Crippen molar-refractivity contribution in [1.82, 2.24) is 10.2 Å². The molecule has 0 unspecified atom stereocenters. The van der Waals surface area contributed by atoms with Gasteiger partial charge < -0.3 is 19.9 Å². The third-order valence-electron chi connectivity index (χ3n) is 4.63. The van der Waals surface area contributed by atoms with Crippen LogP contribution < -0.4 is 10.2 Å². The molecule has 1 N–H and O–H groups in total. The van der Waals surface area contributed by atoms with Crippen LogP contribution in [0.25, 0.3) is 0 Å². The average molecular weight is 353 g/mol. The zero-order chi connectivity index (χ0) is 18.2. The third kappa shape index (κ3) is 4.99. The smallest absolute Gasteiger partial charge is 0.317 e. The van der Waals surface area contributed by atoms with Gasteiger partial charge in [-0.3, -0.25) is 0 Å². The Balaban J connectivity index is 1.43. The van der Waals surface area contributed by atoms with Crippen LogP contribution in [-0.2, 0) is 17.9 Å². The highest BCUT2D eigenvalue weighted by atomic mass is 16.5. The molecule has 5 heteroatoms. The van der Waals surface area contributed by atoms with Gasteiger partial charge in [0.2, 0.25) is 0 Å². The summed E-state index contributed by atoms with van der Waals surface area (Å²) in [5.74, 6) is 0. The van der Waals surface area contributed by atoms with Crippen LogP contribution in [0.4, 0.5) is 10.5 Å². The molecule has 1 aliphatic rings. The van der Waals surface area contributed by atoms with Crippen molar-refractivity contribution in [2.45, 2.75) is 20.1 Å². The number of para-hydroxylation sites is 1. The molecule has 0 aliphatic carbocycles. The van der Waals surface area contributed by atoms with E-state index < -0.39 is 0 Å². The van der Waals surface area contributed by atoms with E-state index in [2.05, 4.69) is 34.5 Å². The summed E-state index contributed by atoms with van der Waals surface area (Å²) < 4.78 is 5.40. The molecule has 3 rings (SSSR count). The third-order valence-corrected chi connectivity index (χ3v) is 4.63. The molecule has 2 amide bonds. The number of ether oxygens (including phenoxy) is 1. The summed E-state index contributed by atoms with van der Waals surface area (Å²) in [6.07, 6.45) is 0. The normalized spacial score (nSPS) is 14.3. The molecule has 138 valence electrons. The Morgan fingerprint density at radius 2 is 1.62 bits per heavy atom. The van der Waals surface area contributed by atoms with Crippen LogP contribution in [0, 0.1) is 0 Å². The lowest BCUT2D eigenvalue weighted by Crippen LogP contribution is -2.51. The van der Waals surface area contributed by atoms with Crippen molar-refractivity contribution < 1.29 is 9.53 Å². The van der Waals surface area contributed by atoms with E-state index in [4.69, 9.17) is 4.74 Å². The number of hydrogen-bond acceptors (Lipinski definition) is 3. The minimum atomic E-state index is 0.0103. The van der Waals surface area contributed by atoms with Crippen molar-refractivity contribution in [3.63, 3.8) is 0 Å². The highest BCUT2D eigenvalue weighted by Crippen LogP contribution is 2.15. The number of urea groups is 1. The Kier molecular flexibility index (Phi) is 6.50. The van der Waals surface area contributed by atoms with Crippen molar-refractivity contribution >= 4 is 11.7 Å². The average Bonchev–Trinajstić information content (AvgIpc) is 2.72. The van der Waals surface area contributed by atoms with Crippen molar-refractivity contribution in [3.8, 4) is 0 Å². The monoisotopic (exact) mass is 353 g/mol. The topological polar surface area (TPSA) is 44.8 Å². The second kappa shape index (κ2) is 9.25. The Bertz CT molecular complexity index is 680. The molecule has 5 nitrogen and oxygen atoms in total. The van der Waals surface area contributed by atoms with Gasteiger partial charge >= 0.3 is 6.03 Å². The van der Waals surface area contributed by atoms with E-state index in [9.17, 15) is 4.79 Å². The molecule has 1 heterocycles. The van der Waals surface area contributed by atoms with Crippen molar-refractivity contribution in [2.24, 2.45) is 0 Å². The number of anilines is 1. The maximum atomic E-state index is 12.4. The van der Waals surface area contributed by atoms with Crippen LogP contribution in [0.5, 0.6) is 0 Å². The highest BCUT2D eigenvalue weighted by Gasteiger charge is 2.20. The van der Waals surface area contributed by atoms with E-state index in [1.165, 1.54) is 5.69 Å². The van der Waals surface area contributed by atoms with E-state index >= 15 is 0 Å². The number of carbonyl (C=O) groups is 1. The first-order valence-corrected chi connectivity index (χ1v) is 9.24. The predicted molar refractivity (Wildman–Crippen MR) is 104 cm³/mol. The van der Waals surface area contributed by atoms with Gasteiger partial charge in [-0.2, -0.15) is 0 Å². The number of benzene rings is 2. The Morgan fingerprint density at radius 3 is 2.27 bits per heavy atom. The first kappa shape index (κ1) is 18.3. The van der Waals surface area contributed by atoms with Gasteiger partial charge in [-0.15, -0.1) is 0 Å². The zero-order valence-electron chi connectivity index (χ0n) is 15.4. The van der Waals surface area contributed by atoms with Gasteiger partial charge in [-0.1, -0.05) is 42.5 Å². The van der Waals surface area contributed by atoms with Gasteiger partial charge in [0.05, 0.1) is 6.61 Å². The molecule has 1 saturated heterocycles. The Labute approximate surface area is 155 Å². The van der Waals surface area contributed by atoms with Gasteiger partial charge in [0.15, 0.2) is 0 Å². The fourth-order valence-electron chi connectivity index (χ4n) is 3.07. The standard InChI is InChI=1S/C21H27N3O2/c1-2-26-17-19-10-8-18(9-11-19)16-22-21(25)24-14-12-23(13-15-24)20-6-4-3-5-7-20/h3-11H,2,12-17H2,1H3,(H,22,25). The fourth-order valence-corrected chi connectivity index (χ4v) is 3.07. The van der Waals surface area contributed by atoms with Gasteiger partial charge in [0.1, 0.15) is 0 Å². The van der Waals surface area contributed by atoms with Crippen LogP contribution in [-0.4, -0.2) is 43.7 Å². The van der Waals surface area contributed by atoms with Crippen LogP contribution in [0.1, 0.15) is 18.1 Å². The van der Waals surface area contributed by atoms with Gasteiger partial charge in [0.25, 0.3) is 0 Å². The highest BCUT2D eigenvalue weighted by molar-refractivity contribution is 5.74. The molecule has 1 aliphatic heterocycles. The van der Waals surface area contributed by atoms with Gasteiger partial charge in [-0.05, 0) is 30.2 Å². The number of carbonyl (C=O) groups excluding carboxylic acids is 1. The summed E-state index contributed by atoms with van der Waals surface area (Å²) in [7, 11) is 0. The van der Waals surface area contributed by atoms with E-state index in [1.54, 1.807) is 0 Å². The number of nitrogens with one attached hydrogen (secondary N) is 1.